The summed E-state index contributed by atoms with van der Waals surface area (Å²) in [5.74, 6) is 2.01. The predicted molar refractivity (Wildman–Crippen MR) is 95.9 cm³/mol. The third-order valence-electron chi connectivity index (χ3n) is 4.86. The summed E-state index contributed by atoms with van der Waals surface area (Å²) < 4.78 is 5.71. The molecular weight excluding hydrogens is 300 g/mol. The average Bonchev–Trinajstić information content (AvgIpc) is 3.00. The van der Waals surface area contributed by atoms with Gasteiger partial charge in [0.25, 0.3) is 0 Å². The Labute approximate surface area is 144 Å². The highest BCUT2D eigenvalue weighted by molar-refractivity contribution is 5.15. The van der Waals surface area contributed by atoms with Crippen molar-refractivity contribution >= 4 is 0 Å². The van der Waals surface area contributed by atoms with E-state index in [0.717, 1.165) is 57.1 Å². The normalized spacial score (nSPS) is 19.7. The van der Waals surface area contributed by atoms with Gasteiger partial charge in [-0.05, 0) is 37.5 Å². The van der Waals surface area contributed by atoms with E-state index in [1.165, 1.54) is 5.56 Å². The van der Waals surface area contributed by atoms with Crippen LogP contribution in [0.3, 0.4) is 0 Å². The summed E-state index contributed by atoms with van der Waals surface area (Å²) in [6, 6.07) is 15.2. The molecule has 1 aromatic carbocycles. The van der Waals surface area contributed by atoms with Crippen molar-refractivity contribution in [3.8, 4) is 0 Å². The maximum Gasteiger partial charge on any atom is 0.118 e. The van der Waals surface area contributed by atoms with E-state index in [1.807, 2.05) is 13.0 Å². The molecular formula is C20H28N2O2. The average molecular weight is 328 g/mol. The SMILES string of the molecule is Cc1ccc(CN2CCN(CCc3ccccc3)[C@@H](CCO)C2)o1. The van der Waals surface area contributed by atoms with Gasteiger partial charge in [0, 0.05) is 38.8 Å². The molecule has 1 fully saturated rings. The number of aliphatic hydroxyl groups excluding tert-OH is 1. The van der Waals surface area contributed by atoms with Gasteiger partial charge in [-0.1, -0.05) is 30.3 Å². The molecule has 0 unspecified atom stereocenters. The number of hydrogen-bond donors (Lipinski definition) is 1. The van der Waals surface area contributed by atoms with Gasteiger partial charge in [-0.3, -0.25) is 9.80 Å². The van der Waals surface area contributed by atoms with Crippen LogP contribution in [0.15, 0.2) is 46.9 Å². The summed E-state index contributed by atoms with van der Waals surface area (Å²) in [5.41, 5.74) is 1.38. The van der Waals surface area contributed by atoms with E-state index in [-0.39, 0.29) is 6.61 Å². The number of rotatable bonds is 7. The predicted octanol–water partition coefficient (Wildman–Crippen LogP) is 2.70. The summed E-state index contributed by atoms with van der Waals surface area (Å²) in [5, 5.41) is 9.44. The van der Waals surface area contributed by atoms with Crippen LogP contribution >= 0.6 is 0 Å². The van der Waals surface area contributed by atoms with E-state index in [1.54, 1.807) is 0 Å². The van der Waals surface area contributed by atoms with Gasteiger partial charge in [0.05, 0.1) is 6.54 Å². The van der Waals surface area contributed by atoms with Crippen molar-refractivity contribution in [3.05, 3.63) is 59.5 Å². The number of aryl methyl sites for hydroxylation is 1. The molecule has 1 N–H and O–H groups in total. The Morgan fingerprint density at radius 1 is 1.12 bits per heavy atom. The van der Waals surface area contributed by atoms with Crippen LogP contribution in [0.4, 0.5) is 0 Å². The van der Waals surface area contributed by atoms with Crippen molar-refractivity contribution in [2.45, 2.75) is 32.4 Å². The zero-order chi connectivity index (χ0) is 16.8. The summed E-state index contributed by atoms with van der Waals surface area (Å²) in [7, 11) is 0. The van der Waals surface area contributed by atoms with Gasteiger partial charge in [-0.25, -0.2) is 0 Å². The third kappa shape index (κ3) is 4.69. The van der Waals surface area contributed by atoms with Crippen LogP contribution in [-0.2, 0) is 13.0 Å². The number of piperazine rings is 1. The molecule has 1 aromatic heterocycles. The maximum absolute atomic E-state index is 9.44. The lowest BCUT2D eigenvalue weighted by molar-refractivity contribution is 0.0528. The fraction of sp³-hybridized carbons (Fsp3) is 0.500. The van der Waals surface area contributed by atoms with Crippen LogP contribution < -0.4 is 0 Å². The van der Waals surface area contributed by atoms with Crippen LogP contribution in [0.1, 0.15) is 23.5 Å². The largest absolute Gasteiger partial charge is 0.465 e. The molecule has 0 aliphatic carbocycles. The lowest BCUT2D eigenvalue weighted by Gasteiger charge is -2.41. The van der Waals surface area contributed by atoms with Crippen molar-refractivity contribution in [1.29, 1.82) is 0 Å². The molecule has 0 amide bonds. The standard InChI is InChI=1S/C20H28N2O2/c1-17-7-8-20(24-17)16-21-12-13-22(19(15-21)10-14-23)11-9-18-5-3-2-4-6-18/h2-8,19,23H,9-16H2,1H3/t19-/m0/s1. The first kappa shape index (κ1) is 17.2. The molecule has 3 rings (SSSR count). The second-order valence-electron chi connectivity index (χ2n) is 6.69. The molecule has 130 valence electrons. The quantitative estimate of drug-likeness (QED) is 0.848. The van der Waals surface area contributed by atoms with Gasteiger partial charge in [0.2, 0.25) is 0 Å². The van der Waals surface area contributed by atoms with Gasteiger partial charge >= 0.3 is 0 Å². The lowest BCUT2D eigenvalue weighted by Crippen LogP contribution is -2.53. The fourth-order valence-corrected chi connectivity index (χ4v) is 3.53. The van der Waals surface area contributed by atoms with Crippen molar-refractivity contribution < 1.29 is 9.52 Å². The monoisotopic (exact) mass is 328 g/mol. The Morgan fingerprint density at radius 3 is 2.67 bits per heavy atom. The van der Waals surface area contributed by atoms with Gasteiger partial charge < -0.3 is 9.52 Å². The number of hydrogen-bond acceptors (Lipinski definition) is 4. The lowest BCUT2D eigenvalue weighted by atomic mass is 10.1. The minimum Gasteiger partial charge on any atom is -0.465 e. The molecule has 0 spiro atoms. The fourth-order valence-electron chi connectivity index (χ4n) is 3.53. The number of nitrogens with zero attached hydrogens (tertiary/aromatic N) is 2. The van der Waals surface area contributed by atoms with Crippen molar-refractivity contribution in [2.24, 2.45) is 0 Å². The van der Waals surface area contributed by atoms with Gasteiger partial charge in [0.1, 0.15) is 11.5 Å². The molecule has 1 saturated heterocycles. The molecule has 4 nitrogen and oxygen atoms in total. The van der Waals surface area contributed by atoms with E-state index in [9.17, 15) is 5.11 Å². The molecule has 2 heterocycles. The third-order valence-corrected chi connectivity index (χ3v) is 4.86. The molecule has 0 saturated carbocycles. The van der Waals surface area contributed by atoms with Crippen LogP contribution in [0.2, 0.25) is 0 Å². The Kier molecular flexibility index (Phi) is 6.07. The number of furan rings is 1. The minimum atomic E-state index is 0.250. The summed E-state index contributed by atoms with van der Waals surface area (Å²) in [6.45, 7) is 7.26. The molecule has 0 bridgehead atoms. The topological polar surface area (TPSA) is 39.9 Å². The maximum atomic E-state index is 9.44. The highest BCUT2D eigenvalue weighted by atomic mass is 16.3. The smallest absolute Gasteiger partial charge is 0.118 e. The zero-order valence-electron chi connectivity index (χ0n) is 14.5. The van der Waals surface area contributed by atoms with Crippen molar-refractivity contribution in [1.82, 2.24) is 9.80 Å². The molecule has 1 atom stereocenters. The van der Waals surface area contributed by atoms with Crippen molar-refractivity contribution in [3.63, 3.8) is 0 Å². The minimum absolute atomic E-state index is 0.250. The second kappa shape index (κ2) is 8.47. The zero-order valence-corrected chi connectivity index (χ0v) is 14.5. The van der Waals surface area contributed by atoms with Crippen LogP contribution in [0.25, 0.3) is 0 Å². The molecule has 0 radical (unpaired) electrons. The van der Waals surface area contributed by atoms with E-state index in [0.29, 0.717) is 6.04 Å². The Bertz CT molecular complexity index is 611. The first-order chi connectivity index (χ1) is 11.7. The summed E-state index contributed by atoms with van der Waals surface area (Å²) in [4.78, 5) is 4.98. The number of benzene rings is 1. The van der Waals surface area contributed by atoms with Gasteiger partial charge in [-0.15, -0.1) is 0 Å². The summed E-state index contributed by atoms with van der Waals surface area (Å²) >= 11 is 0. The van der Waals surface area contributed by atoms with Crippen LogP contribution in [0, 0.1) is 6.92 Å². The van der Waals surface area contributed by atoms with Crippen LogP contribution in [-0.4, -0.2) is 53.7 Å². The first-order valence-corrected chi connectivity index (χ1v) is 8.91. The van der Waals surface area contributed by atoms with Crippen molar-refractivity contribution in [2.75, 3.05) is 32.8 Å². The first-order valence-electron chi connectivity index (χ1n) is 8.91. The molecule has 24 heavy (non-hydrogen) atoms. The molecule has 4 heteroatoms. The second-order valence-corrected chi connectivity index (χ2v) is 6.69. The highest BCUT2D eigenvalue weighted by Gasteiger charge is 2.26. The van der Waals surface area contributed by atoms with E-state index < -0.39 is 0 Å². The molecule has 2 aromatic rings. The molecule has 1 aliphatic rings. The summed E-state index contributed by atoms with van der Waals surface area (Å²) in [6.07, 6.45) is 1.91. The number of aliphatic hydroxyl groups is 1. The Morgan fingerprint density at radius 2 is 1.96 bits per heavy atom. The Hall–Kier alpha value is -1.62. The van der Waals surface area contributed by atoms with E-state index in [4.69, 9.17) is 4.42 Å². The molecule has 1 aliphatic heterocycles. The van der Waals surface area contributed by atoms with E-state index in [2.05, 4.69) is 46.2 Å². The van der Waals surface area contributed by atoms with Crippen LogP contribution in [0.5, 0.6) is 0 Å². The highest BCUT2D eigenvalue weighted by Crippen LogP contribution is 2.17. The van der Waals surface area contributed by atoms with Gasteiger partial charge in [0.15, 0.2) is 0 Å². The Balaban J connectivity index is 1.54. The van der Waals surface area contributed by atoms with E-state index >= 15 is 0 Å². The van der Waals surface area contributed by atoms with Gasteiger partial charge in [-0.2, -0.15) is 0 Å².